The lowest BCUT2D eigenvalue weighted by Crippen LogP contribution is -2.08. The molecule has 9 nitrogen and oxygen atoms in total. The number of hydrogen-bond acceptors (Lipinski definition) is 9. The highest BCUT2D eigenvalue weighted by Gasteiger charge is 2.18. The van der Waals surface area contributed by atoms with Gasteiger partial charge in [-0.3, -0.25) is 14.4 Å². The molecule has 1 aliphatic carbocycles. The number of allylic oxidation sites excluding steroid dienone is 6. The van der Waals surface area contributed by atoms with Gasteiger partial charge < -0.3 is 18.9 Å². The van der Waals surface area contributed by atoms with Crippen molar-refractivity contribution >= 4 is 29.3 Å². The topological polar surface area (TPSA) is 126 Å². The molecule has 1 aliphatic heterocycles. The van der Waals surface area contributed by atoms with Gasteiger partial charge in [0.05, 0.1) is 34.0 Å². The third kappa shape index (κ3) is 57.7. The Labute approximate surface area is 350 Å². The van der Waals surface area contributed by atoms with Gasteiger partial charge in [0, 0.05) is 17.2 Å². The maximum Gasteiger partial charge on any atom is 0.332 e. The van der Waals surface area contributed by atoms with Crippen molar-refractivity contribution in [3.8, 4) is 5.75 Å². The summed E-state index contributed by atoms with van der Waals surface area (Å²) in [7, 11) is 4.23. The second-order valence-electron chi connectivity index (χ2n) is 11.8. The third-order valence-electron chi connectivity index (χ3n) is 6.77. The number of Topliss-reactive ketones (excluding diaryl/α,β-unsaturated/α-hetero) is 1. The van der Waals surface area contributed by atoms with E-state index in [0.29, 0.717) is 22.8 Å². The van der Waals surface area contributed by atoms with Crippen molar-refractivity contribution in [1.29, 1.82) is 0 Å². The third-order valence-corrected chi connectivity index (χ3v) is 6.77. The average molecular weight is 823 g/mol. The Balaban J connectivity index is -0.000000103. The van der Waals surface area contributed by atoms with Gasteiger partial charge in [-0.05, 0) is 102 Å². The van der Waals surface area contributed by atoms with Crippen LogP contribution in [0.4, 0.5) is 8.78 Å². The average Bonchev–Trinajstić information content (AvgIpc) is 4.03. The summed E-state index contributed by atoms with van der Waals surface area (Å²) in [5.41, 5.74) is 1.68. The van der Waals surface area contributed by atoms with E-state index >= 15 is 0 Å². The molecule has 1 aromatic rings. The number of ketones is 3. The molecule has 1 saturated heterocycles. The maximum absolute atomic E-state index is 11.3. The standard InChI is InChI=1S/C10H10O2.C6H12.C5H8O2.C5H8O.C4H6F2.C4H6O2.C4H8O.C4H6O.C4H8.CH4/c1-3-10(11)8-4-6-9(12-2)7-5-8;1-2-6-4-3-5-6;1-4(2)5(6)7-3;1-4(2)5(3)6;1-3(5)4(2)6;1-3-4(5)6-2;1-2-4-3-5-4;1-3-4(2)5;1-3-4-2;/h3-7H,1H2,2H3;6H,2-5H2,1H3;1H2,2-3H3;1H2,2-3H3;1-2H3;3H,1H2,2H3;4H,2-3H2,1H3;3H,1H2,2H3;3H,1,4H2,2H3;1H4/b;;;;4-3+;;;;;. The largest absolute Gasteiger partial charge is 0.497 e. The van der Waals surface area contributed by atoms with Crippen LogP contribution in [0.3, 0.4) is 0 Å². The minimum absolute atomic E-state index is 0. The highest BCUT2D eigenvalue weighted by Crippen LogP contribution is 2.28. The van der Waals surface area contributed by atoms with Crippen LogP contribution >= 0.6 is 0 Å². The molecule has 3 rings (SSSR count). The first-order chi connectivity index (χ1) is 26.6. The second kappa shape index (κ2) is 48.1. The van der Waals surface area contributed by atoms with Crippen LogP contribution in [0.25, 0.3) is 0 Å². The number of epoxide rings is 1. The highest BCUT2D eigenvalue weighted by atomic mass is 19.2. The Morgan fingerprint density at radius 2 is 1.16 bits per heavy atom. The van der Waals surface area contributed by atoms with Gasteiger partial charge in [-0.15, -0.1) is 6.58 Å². The minimum atomic E-state index is -0.741. The lowest BCUT2D eigenvalue weighted by molar-refractivity contribution is -0.136. The summed E-state index contributed by atoms with van der Waals surface area (Å²) in [5.74, 6) is -0.349. The maximum atomic E-state index is 11.3. The quantitative estimate of drug-likeness (QED) is 0.0745. The molecule has 0 amide bonds. The normalized spacial score (nSPS) is 12.1. The number of ether oxygens (including phenoxy) is 4. The Morgan fingerprint density at radius 1 is 0.741 bits per heavy atom. The van der Waals surface area contributed by atoms with Crippen LogP contribution in [0.2, 0.25) is 0 Å². The van der Waals surface area contributed by atoms with Gasteiger partial charge in [0.1, 0.15) is 17.4 Å². The zero-order valence-electron chi connectivity index (χ0n) is 36.9. The van der Waals surface area contributed by atoms with Crippen LogP contribution in [0.1, 0.15) is 119 Å². The van der Waals surface area contributed by atoms with E-state index in [2.05, 4.69) is 69.7 Å². The van der Waals surface area contributed by atoms with Gasteiger partial charge in [-0.1, -0.05) is 92.9 Å². The first-order valence-corrected chi connectivity index (χ1v) is 18.4. The van der Waals surface area contributed by atoms with Crippen molar-refractivity contribution in [3.05, 3.63) is 116 Å². The summed E-state index contributed by atoms with van der Waals surface area (Å²) in [6.45, 7) is 35.9. The molecule has 0 radical (unpaired) electrons. The van der Waals surface area contributed by atoms with Crippen LogP contribution in [-0.4, -0.2) is 63.3 Å². The van der Waals surface area contributed by atoms with Crippen molar-refractivity contribution in [2.24, 2.45) is 5.92 Å². The molecule has 2 aliphatic rings. The summed E-state index contributed by atoms with van der Waals surface area (Å²) >= 11 is 0. The molecule has 0 N–H and O–H groups in total. The predicted octanol–water partition coefficient (Wildman–Crippen LogP) is 12.4. The van der Waals surface area contributed by atoms with Crippen LogP contribution in [0, 0.1) is 5.92 Å². The van der Waals surface area contributed by atoms with E-state index in [4.69, 9.17) is 9.47 Å². The van der Waals surface area contributed by atoms with E-state index in [-0.39, 0.29) is 30.7 Å². The van der Waals surface area contributed by atoms with Crippen molar-refractivity contribution in [1.82, 2.24) is 0 Å². The molecule has 0 spiro atoms. The smallest absolute Gasteiger partial charge is 0.332 e. The van der Waals surface area contributed by atoms with Crippen LogP contribution in [0.5, 0.6) is 5.75 Å². The van der Waals surface area contributed by atoms with Crippen molar-refractivity contribution in [3.63, 3.8) is 0 Å². The number of carbonyl (C=O) groups is 5. The molecule has 2 fully saturated rings. The molecule has 0 bridgehead atoms. The molecule has 1 aromatic carbocycles. The van der Waals surface area contributed by atoms with Crippen molar-refractivity contribution < 1.29 is 51.7 Å². The van der Waals surface area contributed by atoms with Crippen LogP contribution in [-0.2, 0) is 33.4 Å². The Bertz CT molecular complexity index is 1320. The lowest BCUT2D eigenvalue weighted by Gasteiger charge is -2.22. The van der Waals surface area contributed by atoms with E-state index in [0.717, 1.165) is 44.6 Å². The number of carbonyl (C=O) groups excluding carboxylic acids is 5. The van der Waals surface area contributed by atoms with Gasteiger partial charge in [-0.25, -0.2) is 18.4 Å². The first-order valence-electron chi connectivity index (χ1n) is 18.4. The van der Waals surface area contributed by atoms with Gasteiger partial charge in [0.2, 0.25) is 0 Å². The molecule has 0 aromatic heterocycles. The van der Waals surface area contributed by atoms with Gasteiger partial charge in [0.25, 0.3) is 0 Å². The van der Waals surface area contributed by atoms with Gasteiger partial charge in [-0.2, -0.15) is 0 Å². The fraction of sp³-hybridized carbons (Fsp3) is 0.468. The summed E-state index contributed by atoms with van der Waals surface area (Å²) in [5, 5.41) is 0. The van der Waals surface area contributed by atoms with Gasteiger partial charge >= 0.3 is 11.9 Å². The summed E-state index contributed by atoms with van der Waals surface area (Å²) in [4.78, 5) is 50.8. The monoisotopic (exact) mass is 823 g/mol. The first kappa shape index (κ1) is 67.7. The number of halogens is 2. The van der Waals surface area contributed by atoms with Crippen molar-refractivity contribution in [2.75, 3.05) is 27.9 Å². The van der Waals surface area contributed by atoms with E-state index in [1.54, 1.807) is 45.2 Å². The molecular formula is C47H76F2O9. The van der Waals surface area contributed by atoms with E-state index in [9.17, 15) is 32.8 Å². The van der Waals surface area contributed by atoms with E-state index in [1.807, 2.05) is 6.08 Å². The molecule has 11 heteroatoms. The Kier molecular flexibility index (Phi) is 56.2. The van der Waals surface area contributed by atoms with E-state index < -0.39 is 17.6 Å². The molecule has 332 valence electrons. The van der Waals surface area contributed by atoms with Crippen LogP contribution in [0.15, 0.2) is 111 Å². The number of hydrogen-bond donors (Lipinski definition) is 0. The minimum Gasteiger partial charge on any atom is -0.497 e. The Morgan fingerprint density at radius 3 is 1.24 bits per heavy atom. The fourth-order valence-corrected chi connectivity index (χ4v) is 2.34. The highest BCUT2D eigenvalue weighted by molar-refractivity contribution is 6.04. The molecule has 1 saturated carbocycles. The van der Waals surface area contributed by atoms with Crippen LogP contribution < -0.4 is 4.74 Å². The molecule has 58 heavy (non-hydrogen) atoms. The zero-order chi connectivity index (χ0) is 45.9. The number of esters is 2. The SMILES string of the molecule is C.C/C(F)=C(/C)F.C=C(C)C(=O)OC.C=C(C)C(C)=O.C=CC(=O)OC.C=CC(=O)c1ccc(OC)cc1.C=CC(C)=O.C=CCC.CCC1CCC1.CCC1CO1. The molecule has 1 unspecified atom stereocenters. The molecule has 1 atom stereocenters. The fourth-order valence-electron chi connectivity index (χ4n) is 2.34. The molecule has 1 heterocycles. The summed E-state index contributed by atoms with van der Waals surface area (Å²) in [6.07, 6.45) is 14.4. The number of methoxy groups -OCH3 is 3. The summed E-state index contributed by atoms with van der Waals surface area (Å²) < 4.78 is 40.9. The number of rotatable bonds is 10. The second-order valence-corrected chi connectivity index (χ2v) is 11.8. The van der Waals surface area contributed by atoms with Gasteiger partial charge in [0.15, 0.2) is 17.3 Å². The Hall–Kier alpha value is -5.03. The molecular weight excluding hydrogens is 747 g/mol. The van der Waals surface area contributed by atoms with Crippen molar-refractivity contribution in [2.45, 2.75) is 114 Å². The van der Waals surface area contributed by atoms with E-state index in [1.165, 1.54) is 72.3 Å². The summed E-state index contributed by atoms with van der Waals surface area (Å²) in [6, 6.07) is 6.92. The lowest BCUT2D eigenvalue weighted by atomic mass is 9.84. The zero-order valence-corrected chi connectivity index (χ0v) is 36.9. The predicted molar refractivity (Wildman–Crippen MR) is 238 cm³/mol. The number of benzene rings is 1.